The summed E-state index contributed by atoms with van der Waals surface area (Å²) in [5.41, 5.74) is 2.64. The van der Waals surface area contributed by atoms with Crippen LogP contribution < -0.4 is 0 Å². The molecule has 0 heterocycles. The van der Waals surface area contributed by atoms with Crippen molar-refractivity contribution in [1.29, 1.82) is 0 Å². The third-order valence-corrected chi connectivity index (χ3v) is 1.65. The number of aldehydes is 1. The van der Waals surface area contributed by atoms with E-state index in [1.54, 1.807) is 0 Å². The summed E-state index contributed by atoms with van der Waals surface area (Å²) in [6.45, 7) is 6.26. The molecular formula is C12H18O. The van der Waals surface area contributed by atoms with Gasteiger partial charge in [-0.15, -0.1) is 0 Å². The average Bonchev–Trinajstić information content (AvgIpc) is 2.04. The highest BCUT2D eigenvalue weighted by Crippen LogP contribution is 2.03. The molecule has 0 atom stereocenters. The molecule has 0 aromatic heterocycles. The molecule has 0 rings (SSSR count). The van der Waals surface area contributed by atoms with Crippen molar-refractivity contribution in [2.24, 2.45) is 0 Å². The van der Waals surface area contributed by atoms with Gasteiger partial charge in [0.15, 0.2) is 0 Å². The maximum atomic E-state index is 9.97. The lowest BCUT2D eigenvalue weighted by Gasteiger charge is -1.93. The zero-order valence-electron chi connectivity index (χ0n) is 8.71. The van der Waals surface area contributed by atoms with E-state index in [1.165, 1.54) is 17.2 Å². The lowest BCUT2D eigenvalue weighted by molar-refractivity contribution is -0.104. The molecule has 0 saturated carbocycles. The summed E-state index contributed by atoms with van der Waals surface area (Å²) < 4.78 is 0. The van der Waals surface area contributed by atoms with E-state index in [9.17, 15) is 4.79 Å². The topological polar surface area (TPSA) is 17.1 Å². The first kappa shape index (κ1) is 11.9. The van der Waals surface area contributed by atoms with Gasteiger partial charge in [-0.25, -0.2) is 0 Å². The van der Waals surface area contributed by atoms with Gasteiger partial charge in [-0.05, 0) is 39.7 Å². The first-order chi connectivity index (χ1) is 6.16. The minimum absolute atomic E-state index is 0.809. The van der Waals surface area contributed by atoms with Gasteiger partial charge in [0.05, 0.1) is 0 Å². The quantitative estimate of drug-likeness (QED) is 0.358. The summed E-state index contributed by atoms with van der Waals surface area (Å²) in [7, 11) is 0. The fourth-order valence-electron chi connectivity index (χ4n) is 0.889. The molecule has 13 heavy (non-hydrogen) atoms. The predicted octanol–water partition coefficient (Wildman–Crippen LogP) is 3.43. The number of allylic oxidation sites excluding steroid dienone is 6. The minimum Gasteiger partial charge on any atom is -0.299 e. The van der Waals surface area contributed by atoms with Gasteiger partial charge in [0.1, 0.15) is 6.29 Å². The van der Waals surface area contributed by atoms with Crippen molar-refractivity contribution >= 4 is 6.29 Å². The number of carbonyl (C=O) groups excluding carboxylic acids is 1. The molecule has 1 heteroatoms. The van der Waals surface area contributed by atoms with E-state index in [2.05, 4.69) is 32.9 Å². The summed E-state index contributed by atoms with van der Waals surface area (Å²) in [4.78, 5) is 9.97. The van der Waals surface area contributed by atoms with Gasteiger partial charge >= 0.3 is 0 Å². The van der Waals surface area contributed by atoms with Crippen LogP contribution in [0.4, 0.5) is 0 Å². The van der Waals surface area contributed by atoms with Crippen molar-refractivity contribution < 1.29 is 4.79 Å². The Morgan fingerprint density at radius 3 is 2.38 bits per heavy atom. The first-order valence-electron chi connectivity index (χ1n) is 4.56. The number of rotatable bonds is 5. The average molecular weight is 178 g/mol. The van der Waals surface area contributed by atoms with Crippen molar-refractivity contribution in [3.05, 3.63) is 35.5 Å². The molecule has 0 saturated heterocycles. The van der Waals surface area contributed by atoms with Gasteiger partial charge in [-0.2, -0.15) is 0 Å². The molecule has 0 aliphatic heterocycles. The molecule has 0 N–H and O–H groups in total. The zero-order valence-corrected chi connectivity index (χ0v) is 8.71. The molecule has 72 valence electrons. The zero-order chi connectivity index (χ0) is 10.1. The lowest BCUT2D eigenvalue weighted by atomic mass is 10.1. The Balaban J connectivity index is 3.82. The molecular weight excluding hydrogens is 160 g/mol. The molecule has 0 spiro atoms. The van der Waals surface area contributed by atoms with E-state index >= 15 is 0 Å². The van der Waals surface area contributed by atoms with Crippen LogP contribution in [-0.4, -0.2) is 6.29 Å². The number of hydrogen-bond donors (Lipinski definition) is 0. The summed E-state index contributed by atoms with van der Waals surface area (Å²) in [5, 5.41) is 0. The van der Waals surface area contributed by atoms with Crippen LogP contribution in [0.15, 0.2) is 35.5 Å². The van der Waals surface area contributed by atoms with Crippen molar-refractivity contribution in [2.75, 3.05) is 0 Å². The van der Waals surface area contributed by atoms with E-state index < -0.39 is 0 Å². The molecule has 0 amide bonds. The first-order valence-corrected chi connectivity index (χ1v) is 4.56. The molecule has 0 radical (unpaired) electrons. The normalized spacial score (nSPS) is 11.8. The van der Waals surface area contributed by atoms with E-state index in [0.29, 0.717) is 0 Å². The van der Waals surface area contributed by atoms with Gasteiger partial charge in [0, 0.05) is 0 Å². The Kier molecular flexibility index (Phi) is 6.89. The van der Waals surface area contributed by atoms with Crippen LogP contribution >= 0.6 is 0 Å². The minimum atomic E-state index is 0.809. The van der Waals surface area contributed by atoms with Gasteiger partial charge in [0.25, 0.3) is 0 Å². The molecule has 0 aromatic carbocycles. The smallest absolute Gasteiger partial charge is 0.142 e. The van der Waals surface area contributed by atoms with E-state index in [4.69, 9.17) is 0 Å². The summed E-state index contributed by atoms with van der Waals surface area (Å²) in [6.07, 6.45) is 10.5. The number of hydrogen-bond acceptors (Lipinski definition) is 1. The van der Waals surface area contributed by atoms with Crippen molar-refractivity contribution in [3.63, 3.8) is 0 Å². The molecule has 0 aromatic rings. The molecule has 0 bridgehead atoms. The standard InChI is InChI=1S/C12H18O/c1-11(2)7-6-9-12(3)8-4-5-10-13/h4-5,7,9-10H,6,8H2,1-3H3. The van der Waals surface area contributed by atoms with Crippen molar-refractivity contribution in [3.8, 4) is 0 Å². The third-order valence-electron chi connectivity index (χ3n) is 1.65. The fraction of sp³-hybridized carbons (Fsp3) is 0.417. The Labute approximate surface area is 80.8 Å². The largest absolute Gasteiger partial charge is 0.299 e. The highest BCUT2D eigenvalue weighted by molar-refractivity contribution is 5.64. The molecule has 0 unspecified atom stereocenters. The van der Waals surface area contributed by atoms with Crippen LogP contribution in [0.25, 0.3) is 0 Å². The molecule has 0 aliphatic carbocycles. The third kappa shape index (κ3) is 8.80. The summed E-state index contributed by atoms with van der Waals surface area (Å²) >= 11 is 0. The maximum absolute atomic E-state index is 9.97. The monoisotopic (exact) mass is 178 g/mol. The molecule has 0 fully saturated rings. The Morgan fingerprint density at radius 1 is 1.15 bits per heavy atom. The van der Waals surface area contributed by atoms with Crippen molar-refractivity contribution in [2.45, 2.75) is 33.6 Å². The van der Waals surface area contributed by atoms with Crippen LogP contribution in [-0.2, 0) is 4.79 Å². The van der Waals surface area contributed by atoms with Crippen LogP contribution in [0, 0.1) is 0 Å². The van der Waals surface area contributed by atoms with E-state index in [0.717, 1.165) is 19.1 Å². The SMILES string of the molecule is CC(C)=CCC=C(C)CC=CC=O. The fourth-order valence-corrected chi connectivity index (χ4v) is 0.889. The van der Waals surface area contributed by atoms with Gasteiger partial charge < -0.3 is 0 Å². The number of carbonyl (C=O) groups is 1. The highest BCUT2D eigenvalue weighted by Gasteiger charge is 1.83. The Hall–Kier alpha value is -1.11. The second-order valence-corrected chi connectivity index (χ2v) is 3.34. The summed E-state index contributed by atoms with van der Waals surface area (Å²) in [6, 6.07) is 0. The van der Waals surface area contributed by atoms with Crippen LogP contribution in [0.5, 0.6) is 0 Å². The Bertz CT molecular complexity index is 228. The van der Waals surface area contributed by atoms with Gasteiger partial charge in [0.2, 0.25) is 0 Å². The van der Waals surface area contributed by atoms with Crippen LogP contribution in [0.2, 0.25) is 0 Å². The predicted molar refractivity (Wildman–Crippen MR) is 57.6 cm³/mol. The van der Waals surface area contributed by atoms with Crippen LogP contribution in [0.1, 0.15) is 33.6 Å². The second kappa shape index (κ2) is 7.53. The maximum Gasteiger partial charge on any atom is 0.142 e. The molecule has 0 aliphatic rings. The van der Waals surface area contributed by atoms with Gasteiger partial charge in [-0.3, -0.25) is 4.79 Å². The van der Waals surface area contributed by atoms with E-state index in [-0.39, 0.29) is 0 Å². The van der Waals surface area contributed by atoms with Crippen molar-refractivity contribution in [1.82, 2.24) is 0 Å². The molecule has 1 nitrogen and oxygen atoms in total. The van der Waals surface area contributed by atoms with Crippen LogP contribution in [0.3, 0.4) is 0 Å². The lowest BCUT2D eigenvalue weighted by Crippen LogP contribution is -1.74. The van der Waals surface area contributed by atoms with E-state index in [1.807, 2.05) is 6.08 Å². The van der Waals surface area contributed by atoms with Gasteiger partial charge in [-0.1, -0.05) is 29.4 Å². The second-order valence-electron chi connectivity index (χ2n) is 3.34. The highest BCUT2D eigenvalue weighted by atomic mass is 16.1. The Morgan fingerprint density at radius 2 is 1.85 bits per heavy atom. The summed E-state index contributed by atoms with van der Waals surface area (Å²) in [5.74, 6) is 0.